The predicted molar refractivity (Wildman–Crippen MR) is 70.9 cm³/mol. The van der Waals surface area contributed by atoms with Gasteiger partial charge in [0.15, 0.2) is 0 Å². The van der Waals surface area contributed by atoms with Gasteiger partial charge in [-0.1, -0.05) is 6.92 Å². The van der Waals surface area contributed by atoms with Gasteiger partial charge in [0.25, 0.3) is 0 Å². The summed E-state index contributed by atoms with van der Waals surface area (Å²) in [5.41, 5.74) is 1.10. The van der Waals surface area contributed by atoms with Crippen molar-refractivity contribution in [2.75, 3.05) is 6.61 Å². The average Bonchev–Trinajstić information content (AvgIpc) is 2.90. The Morgan fingerprint density at radius 3 is 2.68 bits per heavy atom. The maximum Gasteiger partial charge on any atom is 0.374 e. The molecule has 1 atom stereocenters. The molecule has 2 rings (SSSR count). The molecule has 0 radical (unpaired) electrons. The number of hydrogen-bond acceptors (Lipinski definition) is 4. The standard InChI is InChI=1S/C14H17N3O2/c1-3-12(11-5-7-15-8-6-11)17-10-9-16-13(17)14(18)19-4-2/h5-10,12H,3-4H2,1-2H3/t12-/m0/s1. The maximum absolute atomic E-state index is 11.9. The van der Waals surface area contributed by atoms with Crippen molar-refractivity contribution in [2.24, 2.45) is 0 Å². The topological polar surface area (TPSA) is 57.0 Å². The van der Waals surface area contributed by atoms with Crippen molar-refractivity contribution in [1.29, 1.82) is 0 Å². The van der Waals surface area contributed by atoms with Gasteiger partial charge in [-0.05, 0) is 31.0 Å². The summed E-state index contributed by atoms with van der Waals surface area (Å²) >= 11 is 0. The molecular formula is C14H17N3O2. The number of ether oxygens (including phenoxy) is 1. The zero-order chi connectivity index (χ0) is 13.7. The van der Waals surface area contributed by atoms with Crippen LogP contribution >= 0.6 is 0 Å². The van der Waals surface area contributed by atoms with E-state index < -0.39 is 0 Å². The van der Waals surface area contributed by atoms with Crippen LogP contribution in [0.1, 0.15) is 42.5 Å². The third-order valence-corrected chi connectivity index (χ3v) is 2.94. The van der Waals surface area contributed by atoms with E-state index >= 15 is 0 Å². The Hall–Kier alpha value is -2.17. The summed E-state index contributed by atoms with van der Waals surface area (Å²) in [5, 5.41) is 0. The van der Waals surface area contributed by atoms with E-state index in [0.29, 0.717) is 12.4 Å². The molecule has 0 aliphatic rings. The fourth-order valence-corrected chi connectivity index (χ4v) is 2.10. The summed E-state index contributed by atoms with van der Waals surface area (Å²) in [6.45, 7) is 4.20. The number of rotatable bonds is 5. The number of hydrogen-bond donors (Lipinski definition) is 0. The quantitative estimate of drug-likeness (QED) is 0.774. The van der Waals surface area contributed by atoms with Gasteiger partial charge in [0.2, 0.25) is 5.82 Å². The Morgan fingerprint density at radius 1 is 1.32 bits per heavy atom. The molecule has 0 amide bonds. The first-order valence-corrected chi connectivity index (χ1v) is 6.37. The van der Waals surface area contributed by atoms with E-state index in [9.17, 15) is 4.79 Å². The lowest BCUT2D eigenvalue weighted by atomic mass is 10.1. The number of carbonyl (C=O) groups excluding carboxylic acids is 1. The number of carbonyl (C=O) groups is 1. The number of esters is 1. The summed E-state index contributed by atoms with van der Waals surface area (Å²) in [6.07, 6.45) is 7.78. The number of imidazole rings is 1. The third-order valence-electron chi connectivity index (χ3n) is 2.94. The summed E-state index contributed by atoms with van der Waals surface area (Å²) in [7, 11) is 0. The molecular weight excluding hydrogens is 242 g/mol. The van der Waals surface area contributed by atoms with Crippen molar-refractivity contribution in [3.63, 3.8) is 0 Å². The van der Waals surface area contributed by atoms with Crippen LogP contribution in [0, 0.1) is 0 Å². The Balaban J connectivity index is 2.35. The van der Waals surface area contributed by atoms with Gasteiger partial charge in [-0.2, -0.15) is 0 Å². The van der Waals surface area contributed by atoms with Crippen LogP contribution in [0.3, 0.4) is 0 Å². The summed E-state index contributed by atoms with van der Waals surface area (Å²) in [4.78, 5) is 20.0. The third kappa shape index (κ3) is 2.81. The fourth-order valence-electron chi connectivity index (χ4n) is 2.10. The summed E-state index contributed by atoms with van der Waals surface area (Å²) < 4.78 is 6.88. The molecule has 0 fully saturated rings. The molecule has 0 aliphatic heterocycles. The van der Waals surface area contributed by atoms with Crippen molar-refractivity contribution < 1.29 is 9.53 Å². The molecule has 0 unspecified atom stereocenters. The van der Waals surface area contributed by atoms with E-state index in [4.69, 9.17) is 4.74 Å². The average molecular weight is 259 g/mol. The van der Waals surface area contributed by atoms with Crippen molar-refractivity contribution in [2.45, 2.75) is 26.3 Å². The molecule has 0 saturated carbocycles. The first-order chi connectivity index (χ1) is 9.27. The lowest BCUT2D eigenvalue weighted by molar-refractivity contribution is 0.0504. The fraction of sp³-hybridized carbons (Fsp3) is 0.357. The van der Waals surface area contributed by atoms with Gasteiger partial charge < -0.3 is 9.30 Å². The number of pyridine rings is 1. The van der Waals surface area contributed by atoms with E-state index in [2.05, 4.69) is 16.9 Å². The smallest absolute Gasteiger partial charge is 0.374 e. The van der Waals surface area contributed by atoms with E-state index in [0.717, 1.165) is 12.0 Å². The molecule has 5 nitrogen and oxygen atoms in total. The van der Waals surface area contributed by atoms with Crippen LogP contribution in [0.15, 0.2) is 36.9 Å². The molecule has 0 spiro atoms. The van der Waals surface area contributed by atoms with Gasteiger partial charge in [0.1, 0.15) is 0 Å². The highest BCUT2D eigenvalue weighted by atomic mass is 16.5. The first kappa shape index (κ1) is 13.3. The van der Waals surface area contributed by atoms with Crippen molar-refractivity contribution in [1.82, 2.24) is 14.5 Å². The second kappa shape index (κ2) is 6.13. The first-order valence-electron chi connectivity index (χ1n) is 6.37. The van der Waals surface area contributed by atoms with E-state index in [-0.39, 0.29) is 12.0 Å². The van der Waals surface area contributed by atoms with Crippen LogP contribution in [0.4, 0.5) is 0 Å². The van der Waals surface area contributed by atoms with Crippen LogP contribution in [-0.2, 0) is 4.74 Å². The Bertz CT molecular complexity index is 537. The van der Waals surface area contributed by atoms with E-state index in [1.165, 1.54) is 0 Å². The molecule has 0 N–H and O–H groups in total. The monoisotopic (exact) mass is 259 g/mol. The minimum absolute atomic E-state index is 0.0601. The number of nitrogens with zero attached hydrogens (tertiary/aromatic N) is 3. The predicted octanol–water partition coefficient (Wildman–Crippen LogP) is 2.45. The largest absolute Gasteiger partial charge is 0.460 e. The van der Waals surface area contributed by atoms with Gasteiger partial charge in [-0.3, -0.25) is 4.98 Å². The SMILES string of the molecule is CCOC(=O)c1nccn1[C@@H](CC)c1ccncc1. The second-order valence-corrected chi connectivity index (χ2v) is 4.08. The Morgan fingerprint density at radius 2 is 2.05 bits per heavy atom. The van der Waals surface area contributed by atoms with Crippen LogP contribution < -0.4 is 0 Å². The van der Waals surface area contributed by atoms with E-state index in [1.807, 2.05) is 16.7 Å². The van der Waals surface area contributed by atoms with Crippen molar-refractivity contribution in [3.8, 4) is 0 Å². The van der Waals surface area contributed by atoms with Crippen LogP contribution in [0.25, 0.3) is 0 Å². The van der Waals surface area contributed by atoms with Crippen LogP contribution in [-0.4, -0.2) is 27.1 Å². The van der Waals surface area contributed by atoms with Crippen molar-refractivity contribution in [3.05, 3.63) is 48.3 Å². The van der Waals surface area contributed by atoms with E-state index in [1.54, 1.807) is 31.7 Å². The Labute approximate surface area is 112 Å². The zero-order valence-electron chi connectivity index (χ0n) is 11.1. The molecule has 0 saturated heterocycles. The molecule has 100 valence electrons. The molecule has 0 bridgehead atoms. The molecule has 19 heavy (non-hydrogen) atoms. The van der Waals surface area contributed by atoms with Crippen LogP contribution in [0.5, 0.6) is 0 Å². The van der Waals surface area contributed by atoms with Gasteiger partial charge in [-0.15, -0.1) is 0 Å². The maximum atomic E-state index is 11.9. The van der Waals surface area contributed by atoms with Gasteiger partial charge in [-0.25, -0.2) is 9.78 Å². The molecule has 5 heteroatoms. The minimum Gasteiger partial charge on any atom is -0.460 e. The molecule has 2 heterocycles. The molecule has 0 aliphatic carbocycles. The molecule has 0 aromatic carbocycles. The molecule has 2 aromatic heterocycles. The highest BCUT2D eigenvalue weighted by Gasteiger charge is 2.20. The summed E-state index contributed by atoms with van der Waals surface area (Å²) in [5.74, 6) is -0.0504. The molecule has 2 aromatic rings. The van der Waals surface area contributed by atoms with Crippen molar-refractivity contribution >= 4 is 5.97 Å². The normalized spacial score (nSPS) is 12.1. The summed E-state index contributed by atoms with van der Waals surface area (Å²) in [6, 6.07) is 3.96. The zero-order valence-corrected chi connectivity index (χ0v) is 11.1. The lowest BCUT2D eigenvalue weighted by Crippen LogP contribution is -2.18. The second-order valence-electron chi connectivity index (χ2n) is 4.08. The van der Waals surface area contributed by atoms with Gasteiger partial charge in [0.05, 0.1) is 12.6 Å². The highest BCUT2D eigenvalue weighted by molar-refractivity contribution is 5.85. The lowest BCUT2D eigenvalue weighted by Gasteiger charge is -2.18. The number of aromatic nitrogens is 3. The van der Waals surface area contributed by atoms with Gasteiger partial charge >= 0.3 is 5.97 Å². The van der Waals surface area contributed by atoms with Crippen LogP contribution in [0.2, 0.25) is 0 Å². The van der Waals surface area contributed by atoms with Gasteiger partial charge in [0, 0.05) is 24.8 Å². The Kier molecular flexibility index (Phi) is 4.28. The highest BCUT2D eigenvalue weighted by Crippen LogP contribution is 2.22. The minimum atomic E-state index is -0.389.